The van der Waals surface area contributed by atoms with Gasteiger partial charge in [-0.05, 0) is 38.3 Å². The Morgan fingerprint density at radius 2 is 2.21 bits per heavy atom. The van der Waals surface area contributed by atoms with Crippen molar-refractivity contribution in [2.24, 2.45) is 0 Å². The maximum atomic E-state index is 12.6. The van der Waals surface area contributed by atoms with Crippen LogP contribution < -0.4 is 10.6 Å². The molecule has 3 rings (SSSR count). The Labute approximate surface area is 143 Å². The van der Waals surface area contributed by atoms with E-state index in [1.165, 1.54) is 17.0 Å². The number of nitrogens with zero attached hydrogens (tertiary/aromatic N) is 2. The number of thiophene rings is 1. The van der Waals surface area contributed by atoms with E-state index in [1.54, 1.807) is 0 Å². The summed E-state index contributed by atoms with van der Waals surface area (Å²) in [7, 11) is 0. The van der Waals surface area contributed by atoms with Crippen LogP contribution in [0.2, 0.25) is 0 Å². The minimum Gasteiger partial charge on any atom is -0.353 e. The third-order valence-electron chi connectivity index (χ3n) is 4.48. The molecule has 0 spiro atoms. The molecule has 2 saturated heterocycles. The lowest BCUT2D eigenvalue weighted by Gasteiger charge is -2.24. The maximum Gasteiger partial charge on any atom is 0.324 e. The van der Waals surface area contributed by atoms with Crippen LogP contribution in [0.15, 0.2) is 12.1 Å². The standard InChI is InChI=1S/C15H20N4O4S/c20-14(17-9-10-3-1-7-16-10)11-4-2-8-18(11)15(21)12-5-6-13(24-12)19(22)23/h5-6,10-11,16H,1-4,7-9H2,(H,17,20). The molecule has 0 aliphatic carbocycles. The van der Waals surface area contributed by atoms with E-state index in [2.05, 4.69) is 10.6 Å². The molecule has 24 heavy (non-hydrogen) atoms. The highest BCUT2D eigenvalue weighted by atomic mass is 32.1. The molecular formula is C15H20N4O4S. The molecule has 8 nitrogen and oxygen atoms in total. The fourth-order valence-corrected chi connectivity index (χ4v) is 4.01. The molecule has 0 saturated carbocycles. The van der Waals surface area contributed by atoms with Crippen LogP contribution in [-0.4, -0.2) is 53.4 Å². The number of likely N-dealkylation sites (tertiary alicyclic amines) is 1. The van der Waals surface area contributed by atoms with Gasteiger partial charge in [-0.15, -0.1) is 0 Å². The number of rotatable bonds is 5. The number of nitrogens with one attached hydrogen (secondary N) is 2. The van der Waals surface area contributed by atoms with Crippen molar-refractivity contribution in [2.75, 3.05) is 19.6 Å². The van der Waals surface area contributed by atoms with Crippen molar-refractivity contribution in [1.29, 1.82) is 0 Å². The summed E-state index contributed by atoms with van der Waals surface area (Å²) in [5.74, 6) is -0.439. The molecule has 2 unspecified atom stereocenters. The zero-order valence-electron chi connectivity index (χ0n) is 13.2. The smallest absolute Gasteiger partial charge is 0.324 e. The molecule has 3 heterocycles. The number of amides is 2. The minimum atomic E-state index is -0.510. The van der Waals surface area contributed by atoms with Crippen LogP contribution in [0.1, 0.15) is 35.4 Å². The highest BCUT2D eigenvalue weighted by molar-refractivity contribution is 7.17. The van der Waals surface area contributed by atoms with E-state index in [1.807, 2.05) is 0 Å². The van der Waals surface area contributed by atoms with Crippen molar-refractivity contribution in [2.45, 2.75) is 37.8 Å². The van der Waals surface area contributed by atoms with Gasteiger partial charge >= 0.3 is 5.00 Å². The zero-order valence-corrected chi connectivity index (χ0v) is 14.0. The van der Waals surface area contributed by atoms with Gasteiger partial charge in [0, 0.05) is 25.2 Å². The van der Waals surface area contributed by atoms with Crippen molar-refractivity contribution >= 4 is 28.2 Å². The summed E-state index contributed by atoms with van der Waals surface area (Å²) in [5, 5.41) is 16.9. The van der Waals surface area contributed by atoms with Crippen molar-refractivity contribution in [3.63, 3.8) is 0 Å². The van der Waals surface area contributed by atoms with Crippen molar-refractivity contribution in [3.8, 4) is 0 Å². The van der Waals surface area contributed by atoms with E-state index in [0.29, 0.717) is 30.4 Å². The molecule has 2 aliphatic heterocycles. The van der Waals surface area contributed by atoms with E-state index < -0.39 is 11.0 Å². The third-order valence-corrected chi connectivity index (χ3v) is 5.51. The Hall–Kier alpha value is -2.00. The van der Waals surface area contributed by atoms with E-state index in [-0.39, 0.29) is 16.8 Å². The third kappa shape index (κ3) is 3.57. The van der Waals surface area contributed by atoms with Crippen molar-refractivity contribution in [1.82, 2.24) is 15.5 Å². The minimum absolute atomic E-state index is 0.0640. The average molecular weight is 352 g/mol. The van der Waals surface area contributed by atoms with Crippen LogP contribution in [-0.2, 0) is 4.79 Å². The Bertz CT molecular complexity index is 641. The molecule has 2 N–H and O–H groups in total. The summed E-state index contributed by atoms with van der Waals surface area (Å²) in [6, 6.07) is 2.61. The first-order valence-electron chi connectivity index (χ1n) is 8.12. The molecule has 0 bridgehead atoms. The van der Waals surface area contributed by atoms with Gasteiger partial charge in [-0.25, -0.2) is 0 Å². The second-order valence-electron chi connectivity index (χ2n) is 6.09. The highest BCUT2D eigenvalue weighted by Crippen LogP contribution is 2.28. The number of carbonyl (C=O) groups excluding carboxylic acids is 2. The van der Waals surface area contributed by atoms with Gasteiger partial charge in [0.25, 0.3) is 5.91 Å². The summed E-state index contributed by atoms with van der Waals surface area (Å²) in [5.41, 5.74) is 0. The molecule has 1 aromatic rings. The summed E-state index contributed by atoms with van der Waals surface area (Å²) in [6.07, 6.45) is 3.56. The molecule has 2 fully saturated rings. The molecule has 0 radical (unpaired) electrons. The predicted octanol–water partition coefficient (Wildman–Crippen LogP) is 1.13. The molecule has 2 atom stereocenters. The maximum absolute atomic E-state index is 12.6. The molecule has 0 aromatic carbocycles. The van der Waals surface area contributed by atoms with Crippen molar-refractivity contribution < 1.29 is 14.5 Å². The van der Waals surface area contributed by atoms with E-state index in [4.69, 9.17) is 0 Å². The van der Waals surface area contributed by atoms with E-state index in [0.717, 1.165) is 37.1 Å². The molecule has 9 heteroatoms. The fraction of sp³-hybridized carbons (Fsp3) is 0.600. The number of hydrogen-bond donors (Lipinski definition) is 2. The second-order valence-corrected chi connectivity index (χ2v) is 7.15. The zero-order chi connectivity index (χ0) is 17.1. The Balaban J connectivity index is 1.61. The molecule has 2 amide bonds. The summed E-state index contributed by atoms with van der Waals surface area (Å²) >= 11 is 0.851. The van der Waals surface area contributed by atoms with Crippen LogP contribution in [0.4, 0.5) is 5.00 Å². The van der Waals surface area contributed by atoms with Crippen LogP contribution in [0.5, 0.6) is 0 Å². The largest absolute Gasteiger partial charge is 0.353 e. The lowest BCUT2D eigenvalue weighted by atomic mass is 10.2. The molecule has 1 aromatic heterocycles. The van der Waals surface area contributed by atoms with Gasteiger partial charge in [-0.1, -0.05) is 11.3 Å². The first-order chi connectivity index (χ1) is 11.6. The molecule has 2 aliphatic rings. The Morgan fingerprint density at radius 3 is 2.88 bits per heavy atom. The monoisotopic (exact) mass is 352 g/mol. The number of hydrogen-bond acceptors (Lipinski definition) is 6. The fourth-order valence-electron chi connectivity index (χ4n) is 3.24. The normalized spacial score (nSPS) is 23.4. The lowest BCUT2D eigenvalue weighted by molar-refractivity contribution is -0.380. The number of nitro groups is 1. The summed E-state index contributed by atoms with van der Waals surface area (Å²) < 4.78 is 0. The quantitative estimate of drug-likeness (QED) is 0.610. The second kappa shape index (κ2) is 7.27. The predicted molar refractivity (Wildman–Crippen MR) is 89.1 cm³/mol. The van der Waals surface area contributed by atoms with Crippen LogP contribution in [0, 0.1) is 10.1 Å². The first kappa shape index (κ1) is 16.8. The van der Waals surface area contributed by atoms with Crippen LogP contribution in [0.3, 0.4) is 0 Å². The Morgan fingerprint density at radius 1 is 1.38 bits per heavy atom. The lowest BCUT2D eigenvalue weighted by Crippen LogP contribution is -2.48. The highest BCUT2D eigenvalue weighted by Gasteiger charge is 2.35. The van der Waals surface area contributed by atoms with Gasteiger partial charge < -0.3 is 15.5 Å². The average Bonchev–Trinajstić information content (AvgIpc) is 3.33. The van der Waals surface area contributed by atoms with Gasteiger partial charge in [0.15, 0.2) is 0 Å². The van der Waals surface area contributed by atoms with Crippen LogP contribution >= 0.6 is 11.3 Å². The SMILES string of the molecule is O=C(NCC1CCCN1)C1CCCN1C(=O)c1ccc([N+](=O)[O-])s1. The first-order valence-corrected chi connectivity index (χ1v) is 8.94. The summed E-state index contributed by atoms with van der Waals surface area (Å²) in [4.78, 5) is 37.1. The van der Waals surface area contributed by atoms with E-state index >= 15 is 0 Å². The molecule has 130 valence electrons. The summed E-state index contributed by atoms with van der Waals surface area (Å²) in [6.45, 7) is 2.05. The van der Waals surface area contributed by atoms with Gasteiger partial charge in [0.2, 0.25) is 5.91 Å². The van der Waals surface area contributed by atoms with Crippen LogP contribution in [0.25, 0.3) is 0 Å². The Kier molecular flexibility index (Phi) is 5.10. The van der Waals surface area contributed by atoms with Gasteiger partial charge in [-0.2, -0.15) is 0 Å². The topological polar surface area (TPSA) is 105 Å². The number of carbonyl (C=O) groups is 2. The molecular weight excluding hydrogens is 332 g/mol. The van der Waals surface area contributed by atoms with Crippen molar-refractivity contribution in [3.05, 3.63) is 27.1 Å². The van der Waals surface area contributed by atoms with Gasteiger partial charge in [0.05, 0.1) is 9.80 Å². The van der Waals surface area contributed by atoms with Gasteiger partial charge in [0.1, 0.15) is 6.04 Å². The van der Waals surface area contributed by atoms with Gasteiger partial charge in [-0.3, -0.25) is 19.7 Å². The van der Waals surface area contributed by atoms with E-state index in [9.17, 15) is 19.7 Å².